The Morgan fingerprint density at radius 2 is 0.925 bits per heavy atom. The van der Waals surface area contributed by atoms with Crippen molar-refractivity contribution < 1.29 is 39.1 Å². The molecule has 5 unspecified atom stereocenters. The first-order chi connectivity index (χ1) is 25.8. The van der Waals surface area contributed by atoms with E-state index in [-0.39, 0.29) is 6.42 Å². The van der Waals surface area contributed by atoms with Gasteiger partial charge in [-0.2, -0.15) is 0 Å². The summed E-state index contributed by atoms with van der Waals surface area (Å²) in [5, 5.41) is 31.1. The summed E-state index contributed by atoms with van der Waals surface area (Å²) in [5.74, 6) is -1.19. The number of esters is 2. The summed E-state index contributed by atoms with van der Waals surface area (Å²) in [6.07, 6.45) is 33.7. The van der Waals surface area contributed by atoms with Crippen LogP contribution in [0, 0.1) is 0 Å². The zero-order valence-corrected chi connectivity index (χ0v) is 34.7. The minimum Gasteiger partial charge on any atom is -0.453 e. The second-order valence-corrected chi connectivity index (χ2v) is 15.9. The summed E-state index contributed by atoms with van der Waals surface area (Å²) >= 11 is 0. The number of carbonyl (C=O) groups is 2. The highest BCUT2D eigenvalue weighted by Crippen LogP contribution is 2.27. The number of allylic oxidation sites excluding steroid dienone is 1. The van der Waals surface area contributed by atoms with E-state index in [0.717, 1.165) is 38.5 Å². The van der Waals surface area contributed by atoms with Crippen LogP contribution in [0.15, 0.2) is 11.6 Å². The molecule has 1 rings (SSSR count). The third kappa shape index (κ3) is 26.1. The highest BCUT2D eigenvalue weighted by atomic mass is 16.7. The van der Waals surface area contributed by atoms with E-state index in [9.17, 15) is 24.9 Å². The van der Waals surface area contributed by atoms with E-state index in [1.54, 1.807) is 6.92 Å². The van der Waals surface area contributed by atoms with Crippen LogP contribution in [0.3, 0.4) is 0 Å². The molecule has 0 saturated carbocycles. The molecular formula is C45H84O8. The van der Waals surface area contributed by atoms with Gasteiger partial charge >= 0.3 is 11.9 Å². The van der Waals surface area contributed by atoms with Crippen molar-refractivity contribution >= 4 is 11.9 Å². The largest absolute Gasteiger partial charge is 0.453 e. The quantitative estimate of drug-likeness (QED) is 0.0328. The molecule has 0 radical (unpaired) electrons. The van der Waals surface area contributed by atoms with Gasteiger partial charge in [-0.25, -0.2) is 4.79 Å². The second-order valence-electron chi connectivity index (χ2n) is 15.9. The van der Waals surface area contributed by atoms with Gasteiger partial charge in [-0.05, 0) is 26.2 Å². The van der Waals surface area contributed by atoms with Crippen molar-refractivity contribution in [2.45, 2.75) is 257 Å². The highest BCUT2D eigenvalue weighted by Gasteiger charge is 2.49. The molecule has 1 fully saturated rings. The van der Waals surface area contributed by atoms with Crippen LogP contribution in [0.2, 0.25) is 0 Å². The number of rotatable bonds is 36. The number of ether oxygens (including phenoxy) is 3. The van der Waals surface area contributed by atoms with Crippen molar-refractivity contribution in [3.05, 3.63) is 11.6 Å². The van der Waals surface area contributed by atoms with E-state index in [2.05, 4.69) is 13.8 Å². The molecule has 1 aliphatic rings. The first kappa shape index (κ1) is 49.5. The van der Waals surface area contributed by atoms with Gasteiger partial charge in [0.15, 0.2) is 18.5 Å². The van der Waals surface area contributed by atoms with Gasteiger partial charge in [0.05, 0.1) is 6.61 Å². The molecule has 1 aliphatic heterocycles. The van der Waals surface area contributed by atoms with Gasteiger partial charge in [-0.15, -0.1) is 0 Å². The molecule has 0 amide bonds. The molecule has 8 nitrogen and oxygen atoms in total. The van der Waals surface area contributed by atoms with Crippen molar-refractivity contribution in [3.63, 3.8) is 0 Å². The first-order valence-electron chi connectivity index (χ1n) is 22.5. The molecule has 5 atom stereocenters. The first-order valence-corrected chi connectivity index (χ1v) is 22.5. The third-order valence-corrected chi connectivity index (χ3v) is 10.9. The maximum atomic E-state index is 13.0. The molecule has 0 aliphatic carbocycles. The average molecular weight is 753 g/mol. The molecule has 1 saturated heterocycles. The van der Waals surface area contributed by atoms with Gasteiger partial charge in [-0.1, -0.05) is 200 Å². The zero-order chi connectivity index (χ0) is 38.8. The molecule has 0 aromatic rings. The van der Waals surface area contributed by atoms with E-state index in [4.69, 9.17) is 14.2 Å². The summed E-state index contributed by atoms with van der Waals surface area (Å²) in [6, 6.07) is 0. The molecule has 8 heteroatoms. The average Bonchev–Trinajstić information content (AvgIpc) is 3.15. The Labute approximate surface area is 325 Å². The molecule has 1 heterocycles. The lowest BCUT2D eigenvalue weighted by Gasteiger charge is -2.41. The lowest BCUT2D eigenvalue weighted by Crippen LogP contribution is -2.61. The molecule has 0 bridgehead atoms. The van der Waals surface area contributed by atoms with E-state index < -0.39 is 49.3 Å². The Balaban J connectivity index is 2.26. The molecule has 0 aromatic heterocycles. The van der Waals surface area contributed by atoms with E-state index in [1.807, 2.05) is 6.08 Å². The number of unbranched alkanes of at least 4 members (excludes halogenated alkanes) is 29. The lowest BCUT2D eigenvalue weighted by molar-refractivity contribution is -0.293. The second kappa shape index (κ2) is 35.0. The summed E-state index contributed by atoms with van der Waals surface area (Å²) in [7, 11) is 0. The molecule has 53 heavy (non-hydrogen) atoms. The molecule has 3 N–H and O–H groups in total. The zero-order valence-electron chi connectivity index (χ0n) is 34.7. The number of aliphatic hydroxyl groups excluding tert-OH is 3. The fraction of sp³-hybridized carbons (Fsp3) is 0.911. The predicted molar refractivity (Wildman–Crippen MR) is 217 cm³/mol. The smallest absolute Gasteiger partial charge is 0.333 e. The van der Waals surface area contributed by atoms with Gasteiger partial charge in [0.25, 0.3) is 0 Å². The van der Waals surface area contributed by atoms with Crippen LogP contribution in [-0.4, -0.2) is 64.6 Å². The molecular weight excluding hydrogens is 668 g/mol. The van der Waals surface area contributed by atoms with E-state index in [1.165, 1.54) is 154 Å². The minimum absolute atomic E-state index is 0.166. The molecule has 312 valence electrons. The third-order valence-electron chi connectivity index (χ3n) is 10.9. The van der Waals surface area contributed by atoms with Crippen LogP contribution in [0.5, 0.6) is 0 Å². The predicted octanol–water partition coefficient (Wildman–Crippen LogP) is 11.3. The highest BCUT2D eigenvalue weighted by molar-refractivity contribution is 5.87. The van der Waals surface area contributed by atoms with Gasteiger partial charge in [0.1, 0.15) is 12.2 Å². The molecule has 0 aromatic carbocycles. The Kier molecular flexibility index (Phi) is 32.7. The van der Waals surface area contributed by atoms with Crippen LogP contribution in [-0.2, 0) is 23.8 Å². The maximum Gasteiger partial charge on any atom is 0.333 e. The van der Waals surface area contributed by atoms with Gasteiger partial charge in [0, 0.05) is 12.0 Å². The number of hydrogen-bond donors (Lipinski definition) is 3. The number of aliphatic hydroxyl groups is 3. The minimum atomic E-state index is -1.64. The van der Waals surface area contributed by atoms with Gasteiger partial charge < -0.3 is 29.5 Å². The SMILES string of the molecule is CCCCCCCCCCCCCCCCCCC/C=C(\C)C(=O)OC1C(O)C(CO)OC(O)C1OC(=O)CCCCCCCCCCCCCCC. The van der Waals surface area contributed by atoms with Crippen LogP contribution < -0.4 is 0 Å². The summed E-state index contributed by atoms with van der Waals surface area (Å²) < 4.78 is 16.4. The van der Waals surface area contributed by atoms with Crippen LogP contribution in [0.4, 0.5) is 0 Å². The topological polar surface area (TPSA) is 123 Å². The Morgan fingerprint density at radius 1 is 0.547 bits per heavy atom. The Bertz CT molecular complexity index is 892. The fourth-order valence-corrected chi connectivity index (χ4v) is 7.30. The maximum absolute atomic E-state index is 13.0. The number of carbonyl (C=O) groups excluding carboxylic acids is 2. The Hall–Kier alpha value is -1.48. The summed E-state index contributed by atoms with van der Waals surface area (Å²) in [5.41, 5.74) is 0.396. The van der Waals surface area contributed by atoms with Crippen molar-refractivity contribution in [1.82, 2.24) is 0 Å². The van der Waals surface area contributed by atoms with Gasteiger partial charge in [0.2, 0.25) is 0 Å². The lowest BCUT2D eigenvalue weighted by atomic mass is 9.98. The standard InChI is InChI=1S/C45H84O8/c1-4-6-8-10-12-14-16-18-19-20-21-22-24-25-27-29-31-33-35-38(3)44(49)53-42-41(48)39(37-46)51-45(50)43(42)52-40(47)36-34-32-30-28-26-23-17-15-13-11-9-7-5-2/h35,39,41-43,45-46,48,50H,4-34,36-37H2,1-3H3/b38-35+. The van der Waals surface area contributed by atoms with Gasteiger partial charge in [-0.3, -0.25) is 4.79 Å². The van der Waals surface area contributed by atoms with E-state index in [0.29, 0.717) is 12.0 Å². The normalized spacial score (nSPS) is 20.5. The number of hydrogen-bond acceptors (Lipinski definition) is 8. The fourth-order valence-electron chi connectivity index (χ4n) is 7.30. The molecule has 0 spiro atoms. The monoisotopic (exact) mass is 753 g/mol. The van der Waals surface area contributed by atoms with Crippen LogP contribution in [0.25, 0.3) is 0 Å². The van der Waals surface area contributed by atoms with Crippen molar-refractivity contribution in [2.24, 2.45) is 0 Å². The van der Waals surface area contributed by atoms with Crippen molar-refractivity contribution in [2.75, 3.05) is 6.61 Å². The van der Waals surface area contributed by atoms with Crippen molar-refractivity contribution in [3.8, 4) is 0 Å². The Morgan fingerprint density at radius 3 is 1.32 bits per heavy atom. The summed E-state index contributed by atoms with van der Waals surface area (Å²) in [4.78, 5) is 25.7. The summed E-state index contributed by atoms with van der Waals surface area (Å²) in [6.45, 7) is 5.60. The van der Waals surface area contributed by atoms with E-state index >= 15 is 0 Å². The van der Waals surface area contributed by atoms with Crippen LogP contribution in [0.1, 0.15) is 226 Å². The van der Waals surface area contributed by atoms with Crippen molar-refractivity contribution in [1.29, 1.82) is 0 Å². The van der Waals surface area contributed by atoms with Crippen LogP contribution >= 0.6 is 0 Å².